The maximum Gasteiger partial charge on any atom is 0.228 e. The van der Waals surface area contributed by atoms with Crippen LogP contribution in [0.25, 0.3) is 0 Å². The molecule has 5 nitrogen and oxygen atoms in total. The fraction of sp³-hybridized carbons (Fsp3) is 0.471. The Morgan fingerprint density at radius 2 is 1.86 bits per heavy atom. The first kappa shape index (κ1) is 16.0. The molecule has 0 spiro atoms. The molecule has 2 amide bonds. The van der Waals surface area contributed by atoms with Gasteiger partial charge in [0.15, 0.2) is 0 Å². The molecule has 0 radical (unpaired) electrons. The molecule has 1 aliphatic rings. The molecule has 1 saturated carbocycles. The Balaban J connectivity index is 1.77. The molecule has 0 aromatic heterocycles. The Kier molecular flexibility index (Phi) is 5.16. The molecule has 5 heteroatoms. The van der Waals surface area contributed by atoms with Gasteiger partial charge in [0, 0.05) is 12.2 Å². The number of anilines is 1. The van der Waals surface area contributed by atoms with Gasteiger partial charge in [-0.15, -0.1) is 0 Å². The summed E-state index contributed by atoms with van der Waals surface area (Å²) < 4.78 is 0. The van der Waals surface area contributed by atoms with E-state index in [1.165, 1.54) is 0 Å². The minimum absolute atomic E-state index is 0.0272. The van der Waals surface area contributed by atoms with Crippen LogP contribution in [0.3, 0.4) is 0 Å². The SMILES string of the molecule is CC(C)CCNC(=O)C1CC1C(=O)Nc1ccc(C#N)cc1. The molecular formula is C17H21N3O2. The Morgan fingerprint density at radius 3 is 2.45 bits per heavy atom. The van der Waals surface area contributed by atoms with Crippen molar-refractivity contribution in [2.75, 3.05) is 11.9 Å². The van der Waals surface area contributed by atoms with E-state index >= 15 is 0 Å². The fourth-order valence-electron chi connectivity index (χ4n) is 2.25. The molecule has 2 N–H and O–H groups in total. The van der Waals surface area contributed by atoms with Gasteiger partial charge in [-0.1, -0.05) is 13.8 Å². The highest BCUT2D eigenvalue weighted by Gasteiger charge is 2.47. The molecule has 1 fully saturated rings. The molecule has 2 rings (SSSR count). The van der Waals surface area contributed by atoms with Crippen LogP contribution in [0.4, 0.5) is 5.69 Å². The molecule has 0 saturated heterocycles. The minimum Gasteiger partial charge on any atom is -0.356 e. The van der Waals surface area contributed by atoms with Gasteiger partial charge in [-0.25, -0.2) is 0 Å². The smallest absolute Gasteiger partial charge is 0.228 e. The second-order valence-corrected chi connectivity index (χ2v) is 6.10. The molecule has 22 heavy (non-hydrogen) atoms. The van der Waals surface area contributed by atoms with Gasteiger partial charge in [0.1, 0.15) is 0 Å². The Bertz CT molecular complexity index is 587. The lowest BCUT2D eigenvalue weighted by molar-refractivity contribution is -0.125. The van der Waals surface area contributed by atoms with Gasteiger partial charge < -0.3 is 10.6 Å². The number of hydrogen-bond acceptors (Lipinski definition) is 3. The van der Waals surface area contributed by atoms with Crippen LogP contribution in [-0.2, 0) is 9.59 Å². The van der Waals surface area contributed by atoms with Gasteiger partial charge in [0.2, 0.25) is 11.8 Å². The lowest BCUT2D eigenvalue weighted by Crippen LogP contribution is -2.28. The lowest BCUT2D eigenvalue weighted by atomic mass is 10.1. The van der Waals surface area contributed by atoms with E-state index in [1.54, 1.807) is 24.3 Å². The van der Waals surface area contributed by atoms with Crippen molar-refractivity contribution in [2.45, 2.75) is 26.7 Å². The average molecular weight is 299 g/mol. The van der Waals surface area contributed by atoms with Crippen molar-refractivity contribution in [3.63, 3.8) is 0 Å². The molecule has 1 aliphatic carbocycles. The number of nitriles is 1. The maximum atomic E-state index is 12.1. The van der Waals surface area contributed by atoms with Gasteiger partial charge in [-0.3, -0.25) is 9.59 Å². The van der Waals surface area contributed by atoms with Crippen molar-refractivity contribution in [1.82, 2.24) is 5.32 Å². The highest BCUT2D eigenvalue weighted by Crippen LogP contribution is 2.39. The average Bonchev–Trinajstić information content (AvgIpc) is 3.28. The molecule has 0 heterocycles. The zero-order valence-electron chi connectivity index (χ0n) is 12.9. The Labute approximate surface area is 130 Å². The maximum absolute atomic E-state index is 12.1. The van der Waals surface area contributed by atoms with E-state index in [1.807, 2.05) is 6.07 Å². The molecule has 2 unspecified atom stereocenters. The van der Waals surface area contributed by atoms with Crippen LogP contribution in [0, 0.1) is 29.1 Å². The molecular weight excluding hydrogens is 278 g/mol. The van der Waals surface area contributed by atoms with Crippen molar-refractivity contribution >= 4 is 17.5 Å². The Morgan fingerprint density at radius 1 is 1.23 bits per heavy atom. The Hall–Kier alpha value is -2.35. The van der Waals surface area contributed by atoms with Crippen LogP contribution in [0.2, 0.25) is 0 Å². The number of rotatable bonds is 6. The van der Waals surface area contributed by atoms with Crippen LogP contribution in [0.1, 0.15) is 32.3 Å². The zero-order chi connectivity index (χ0) is 16.1. The van der Waals surface area contributed by atoms with Crippen molar-refractivity contribution in [3.05, 3.63) is 29.8 Å². The third-order valence-corrected chi connectivity index (χ3v) is 3.77. The highest BCUT2D eigenvalue weighted by molar-refractivity contribution is 5.99. The third kappa shape index (κ3) is 4.32. The third-order valence-electron chi connectivity index (χ3n) is 3.77. The molecule has 1 aromatic carbocycles. The summed E-state index contributed by atoms with van der Waals surface area (Å²) in [6.45, 7) is 4.88. The summed E-state index contributed by atoms with van der Waals surface area (Å²) in [5, 5.41) is 14.4. The molecule has 0 aliphatic heterocycles. The number of nitrogens with zero attached hydrogens (tertiary/aromatic N) is 1. The summed E-state index contributed by atoms with van der Waals surface area (Å²) in [5.74, 6) is -0.0513. The number of nitrogens with one attached hydrogen (secondary N) is 2. The van der Waals surface area contributed by atoms with Crippen LogP contribution in [-0.4, -0.2) is 18.4 Å². The van der Waals surface area contributed by atoms with E-state index in [0.29, 0.717) is 30.1 Å². The first-order valence-corrected chi connectivity index (χ1v) is 7.60. The van der Waals surface area contributed by atoms with E-state index in [9.17, 15) is 9.59 Å². The summed E-state index contributed by atoms with van der Waals surface area (Å²) in [5.41, 5.74) is 1.20. The van der Waals surface area contributed by atoms with Gasteiger partial charge in [-0.05, 0) is 43.0 Å². The van der Waals surface area contributed by atoms with Gasteiger partial charge in [0.25, 0.3) is 0 Å². The number of benzene rings is 1. The van der Waals surface area contributed by atoms with Crippen LogP contribution in [0.5, 0.6) is 0 Å². The van der Waals surface area contributed by atoms with Crippen molar-refractivity contribution in [3.8, 4) is 6.07 Å². The van der Waals surface area contributed by atoms with Crippen molar-refractivity contribution < 1.29 is 9.59 Å². The quantitative estimate of drug-likeness (QED) is 0.845. The van der Waals surface area contributed by atoms with E-state index in [0.717, 1.165) is 6.42 Å². The topological polar surface area (TPSA) is 82.0 Å². The van der Waals surface area contributed by atoms with Gasteiger partial charge in [0.05, 0.1) is 23.5 Å². The first-order chi connectivity index (χ1) is 10.5. The standard InChI is InChI=1S/C17H21N3O2/c1-11(2)7-8-19-16(21)14-9-15(14)17(22)20-13-5-3-12(10-18)4-6-13/h3-6,11,14-15H,7-9H2,1-2H3,(H,19,21)(H,20,22). The van der Waals surface area contributed by atoms with Crippen molar-refractivity contribution in [2.24, 2.45) is 17.8 Å². The second-order valence-electron chi connectivity index (χ2n) is 6.10. The molecule has 2 atom stereocenters. The first-order valence-electron chi connectivity index (χ1n) is 7.60. The van der Waals surface area contributed by atoms with Crippen LogP contribution in [0.15, 0.2) is 24.3 Å². The van der Waals surface area contributed by atoms with E-state index in [4.69, 9.17) is 5.26 Å². The molecule has 116 valence electrons. The van der Waals surface area contributed by atoms with Crippen LogP contribution >= 0.6 is 0 Å². The summed E-state index contributed by atoms with van der Waals surface area (Å²) in [7, 11) is 0. The normalized spacial score (nSPS) is 19.4. The monoisotopic (exact) mass is 299 g/mol. The van der Waals surface area contributed by atoms with Gasteiger partial charge in [-0.2, -0.15) is 5.26 Å². The molecule has 1 aromatic rings. The van der Waals surface area contributed by atoms with Gasteiger partial charge >= 0.3 is 0 Å². The van der Waals surface area contributed by atoms with Crippen LogP contribution < -0.4 is 10.6 Å². The fourth-order valence-corrected chi connectivity index (χ4v) is 2.25. The number of amides is 2. The number of carbonyl (C=O) groups excluding carboxylic acids is 2. The second kappa shape index (κ2) is 7.08. The number of carbonyl (C=O) groups is 2. The summed E-state index contributed by atoms with van der Waals surface area (Å²) in [4.78, 5) is 24.0. The predicted octanol–water partition coefficient (Wildman–Crippen LogP) is 2.30. The summed E-state index contributed by atoms with van der Waals surface area (Å²) >= 11 is 0. The highest BCUT2D eigenvalue weighted by atomic mass is 16.2. The lowest BCUT2D eigenvalue weighted by Gasteiger charge is -2.07. The minimum atomic E-state index is -0.241. The van der Waals surface area contributed by atoms with Crippen molar-refractivity contribution in [1.29, 1.82) is 5.26 Å². The van der Waals surface area contributed by atoms with E-state index in [-0.39, 0.29) is 23.7 Å². The predicted molar refractivity (Wildman–Crippen MR) is 83.8 cm³/mol. The number of hydrogen-bond donors (Lipinski definition) is 2. The summed E-state index contributed by atoms with van der Waals surface area (Å²) in [6.07, 6.45) is 1.55. The van der Waals surface area contributed by atoms with E-state index < -0.39 is 0 Å². The summed E-state index contributed by atoms with van der Waals surface area (Å²) in [6, 6.07) is 8.71. The zero-order valence-corrected chi connectivity index (χ0v) is 12.9. The molecule has 0 bridgehead atoms. The van der Waals surface area contributed by atoms with E-state index in [2.05, 4.69) is 24.5 Å². The largest absolute Gasteiger partial charge is 0.356 e.